The molecule has 0 aromatic carbocycles. The maximum Gasteiger partial charge on any atom is 0.0680 e. The monoisotopic (exact) mass is 153 g/mol. The van der Waals surface area contributed by atoms with Crippen molar-refractivity contribution < 1.29 is 0 Å². The van der Waals surface area contributed by atoms with Crippen LogP contribution < -0.4 is 0 Å². The molecule has 0 nitrogen and oxygen atoms in total. The van der Waals surface area contributed by atoms with E-state index in [1.807, 2.05) is 0 Å². The Morgan fingerprint density at radius 2 is 2.12 bits per heavy atom. The van der Waals surface area contributed by atoms with Crippen molar-refractivity contribution in [3.8, 4) is 0 Å². The van der Waals surface area contributed by atoms with Crippen molar-refractivity contribution in [2.75, 3.05) is 0 Å². The molecule has 0 aliphatic heterocycles. The summed E-state index contributed by atoms with van der Waals surface area (Å²) >= 11 is 11.1. The van der Waals surface area contributed by atoms with Gasteiger partial charge in [0.2, 0.25) is 0 Å². The first-order valence-electron chi connectivity index (χ1n) is 2.80. The summed E-state index contributed by atoms with van der Waals surface area (Å²) < 4.78 is 0. The van der Waals surface area contributed by atoms with Crippen molar-refractivity contribution in [2.45, 2.75) is 25.6 Å². The molecular formula is C6H11Cl2. The van der Waals surface area contributed by atoms with Crippen LogP contribution in [0.4, 0.5) is 0 Å². The Kier molecular flexibility index (Phi) is 4.78. The number of alkyl halides is 1. The topological polar surface area (TPSA) is 0 Å². The predicted molar refractivity (Wildman–Crippen MR) is 39.2 cm³/mol. The van der Waals surface area contributed by atoms with E-state index in [0.717, 1.165) is 6.42 Å². The zero-order valence-electron chi connectivity index (χ0n) is 5.20. The summed E-state index contributed by atoms with van der Waals surface area (Å²) in [5, 5.41) is 0.0293. The summed E-state index contributed by atoms with van der Waals surface area (Å²) in [6.45, 7) is 4.18. The van der Waals surface area contributed by atoms with Crippen LogP contribution >= 0.6 is 23.2 Å². The molecule has 0 heterocycles. The van der Waals surface area contributed by atoms with E-state index in [-0.39, 0.29) is 5.38 Å². The highest BCUT2D eigenvalue weighted by Crippen LogP contribution is 2.17. The van der Waals surface area contributed by atoms with Crippen molar-refractivity contribution in [2.24, 2.45) is 5.92 Å². The largest absolute Gasteiger partial charge is 0.121 e. The molecule has 0 amide bonds. The number of rotatable bonds is 3. The molecule has 2 unspecified atom stereocenters. The first-order chi connectivity index (χ1) is 3.72. The Balaban J connectivity index is 3.29. The van der Waals surface area contributed by atoms with Gasteiger partial charge in [-0.2, -0.15) is 0 Å². The van der Waals surface area contributed by atoms with Crippen molar-refractivity contribution in [1.29, 1.82) is 0 Å². The summed E-state index contributed by atoms with van der Waals surface area (Å²) in [5.74, 6) is 2.00. The molecule has 0 N–H and O–H groups in total. The molecule has 0 aromatic heterocycles. The van der Waals surface area contributed by atoms with Crippen LogP contribution in [0.1, 0.15) is 20.3 Å². The van der Waals surface area contributed by atoms with E-state index < -0.39 is 0 Å². The lowest BCUT2D eigenvalue weighted by atomic mass is 10.1. The Labute approximate surface area is 61.2 Å². The molecule has 0 bridgehead atoms. The maximum atomic E-state index is 5.73. The van der Waals surface area contributed by atoms with Crippen LogP contribution in [0.25, 0.3) is 0 Å². The molecule has 0 spiro atoms. The fourth-order valence-electron chi connectivity index (χ4n) is 0.349. The Morgan fingerprint density at radius 1 is 1.62 bits per heavy atom. The van der Waals surface area contributed by atoms with E-state index in [0.29, 0.717) is 5.92 Å². The lowest BCUT2D eigenvalue weighted by molar-refractivity contribution is 0.572. The van der Waals surface area contributed by atoms with Crippen LogP contribution in [-0.4, -0.2) is 5.38 Å². The third-order valence-corrected chi connectivity index (χ3v) is 2.26. The molecule has 0 fully saturated rings. The van der Waals surface area contributed by atoms with Crippen LogP contribution in [0, 0.1) is 11.8 Å². The summed E-state index contributed by atoms with van der Waals surface area (Å²) in [7, 11) is 0. The van der Waals surface area contributed by atoms with Crippen molar-refractivity contribution in [3.05, 3.63) is 5.88 Å². The fraction of sp³-hybridized carbons (Fsp3) is 0.833. The quantitative estimate of drug-likeness (QED) is 0.548. The highest BCUT2D eigenvalue weighted by molar-refractivity contribution is 6.32. The van der Waals surface area contributed by atoms with Crippen molar-refractivity contribution >= 4 is 23.2 Å². The van der Waals surface area contributed by atoms with Gasteiger partial charge in [-0.05, 0) is 5.92 Å². The van der Waals surface area contributed by atoms with E-state index in [4.69, 9.17) is 23.2 Å². The SMILES string of the molecule is CCC(C)C(Cl)[CH]Cl. The van der Waals surface area contributed by atoms with Gasteiger partial charge in [-0.1, -0.05) is 20.3 Å². The molecule has 0 aromatic rings. The van der Waals surface area contributed by atoms with Gasteiger partial charge in [-0.3, -0.25) is 0 Å². The van der Waals surface area contributed by atoms with E-state index in [2.05, 4.69) is 13.8 Å². The standard InChI is InChI=1S/C6H11Cl2/c1-3-5(2)6(8)4-7/h4-6H,3H2,1-2H3. The predicted octanol–water partition coefficient (Wildman–Crippen LogP) is 3.04. The lowest BCUT2D eigenvalue weighted by Gasteiger charge is -2.10. The molecule has 0 aliphatic carbocycles. The van der Waals surface area contributed by atoms with E-state index >= 15 is 0 Å². The Hall–Kier alpha value is 0.580. The molecular weight excluding hydrogens is 143 g/mol. The Bertz CT molecular complexity index is 46.5. The fourth-order valence-corrected chi connectivity index (χ4v) is 0.776. The summed E-state index contributed by atoms with van der Waals surface area (Å²) in [6.07, 6.45) is 1.08. The molecule has 2 atom stereocenters. The average Bonchev–Trinajstić information content (AvgIpc) is 1.84. The molecule has 1 radical (unpaired) electrons. The molecule has 0 rings (SSSR count). The molecule has 8 heavy (non-hydrogen) atoms. The van der Waals surface area contributed by atoms with Crippen molar-refractivity contribution in [1.82, 2.24) is 0 Å². The second kappa shape index (κ2) is 4.46. The van der Waals surface area contributed by atoms with Crippen LogP contribution in [0.2, 0.25) is 0 Å². The number of hydrogen-bond donors (Lipinski definition) is 0. The first-order valence-corrected chi connectivity index (χ1v) is 3.67. The zero-order chi connectivity index (χ0) is 6.57. The van der Waals surface area contributed by atoms with Gasteiger partial charge >= 0.3 is 0 Å². The zero-order valence-corrected chi connectivity index (χ0v) is 6.71. The van der Waals surface area contributed by atoms with Gasteiger partial charge in [0, 0.05) is 0 Å². The summed E-state index contributed by atoms with van der Waals surface area (Å²) in [5.41, 5.74) is 0. The highest BCUT2D eigenvalue weighted by Gasteiger charge is 2.09. The Morgan fingerprint density at radius 3 is 2.25 bits per heavy atom. The van der Waals surface area contributed by atoms with Gasteiger partial charge in [0.1, 0.15) is 0 Å². The second-order valence-corrected chi connectivity index (χ2v) is 2.71. The highest BCUT2D eigenvalue weighted by atomic mass is 35.5. The first kappa shape index (κ1) is 8.58. The summed E-state index contributed by atoms with van der Waals surface area (Å²) in [6, 6.07) is 0. The normalized spacial score (nSPS) is 18.0. The lowest BCUT2D eigenvalue weighted by Crippen LogP contribution is -2.07. The molecule has 0 aliphatic rings. The van der Waals surface area contributed by atoms with Crippen LogP contribution in [0.3, 0.4) is 0 Å². The minimum atomic E-state index is 0.0293. The van der Waals surface area contributed by atoms with Gasteiger partial charge in [0.25, 0.3) is 0 Å². The third kappa shape index (κ3) is 2.78. The van der Waals surface area contributed by atoms with E-state index in [1.54, 1.807) is 0 Å². The van der Waals surface area contributed by atoms with Crippen LogP contribution in [0.15, 0.2) is 0 Å². The molecule has 0 saturated carbocycles. The maximum absolute atomic E-state index is 5.73. The molecule has 0 saturated heterocycles. The van der Waals surface area contributed by atoms with Crippen molar-refractivity contribution in [3.63, 3.8) is 0 Å². The smallest absolute Gasteiger partial charge is 0.0680 e. The van der Waals surface area contributed by atoms with E-state index in [9.17, 15) is 0 Å². The summed E-state index contributed by atoms with van der Waals surface area (Å²) in [4.78, 5) is 0. The minimum Gasteiger partial charge on any atom is -0.121 e. The van der Waals surface area contributed by atoms with Crippen LogP contribution in [0.5, 0.6) is 0 Å². The average molecular weight is 154 g/mol. The van der Waals surface area contributed by atoms with Gasteiger partial charge in [0.15, 0.2) is 0 Å². The second-order valence-electron chi connectivity index (χ2n) is 1.96. The molecule has 2 heteroatoms. The molecule has 49 valence electrons. The third-order valence-electron chi connectivity index (χ3n) is 1.31. The number of halogens is 2. The number of hydrogen-bond acceptors (Lipinski definition) is 0. The van der Waals surface area contributed by atoms with E-state index in [1.165, 1.54) is 5.88 Å². The van der Waals surface area contributed by atoms with Crippen LogP contribution in [-0.2, 0) is 0 Å². The van der Waals surface area contributed by atoms with Gasteiger partial charge in [-0.15, -0.1) is 23.2 Å². The van der Waals surface area contributed by atoms with Gasteiger partial charge in [0.05, 0.1) is 11.3 Å². The van der Waals surface area contributed by atoms with Gasteiger partial charge < -0.3 is 0 Å². The van der Waals surface area contributed by atoms with Gasteiger partial charge in [-0.25, -0.2) is 0 Å². The minimum absolute atomic E-state index is 0.0293.